The number of aryl methyl sites for hydroxylation is 1. The van der Waals surface area contributed by atoms with Crippen LogP contribution in [0.3, 0.4) is 0 Å². The number of ether oxygens (including phenoxy) is 1. The number of nitrogens with one attached hydrogen (secondary N) is 1. The number of carbonyl (C=O) groups excluding carboxylic acids is 1. The summed E-state index contributed by atoms with van der Waals surface area (Å²) in [6.45, 7) is 3.86. The topological polar surface area (TPSA) is 80.2 Å². The molecule has 0 bridgehead atoms. The van der Waals surface area contributed by atoms with E-state index in [9.17, 15) is 4.79 Å². The Morgan fingerprint density at radius 1 is 1.33 bits per heavy atom. The summed E-state index contributed by atoms with van der Waals surface area (Å²) >= 11 is 11.1. The van der Waals surface area contributed by atoms with Crippen LogP contribution in [0.5, 0.6) is 5.75 Å². The SMILES string of the molecule is COc1cc(Cl)c(C)cc1NC(=O)CSc1ncnc2nc(N3CCSCC3)sc12. The fourth-order valence-electron chi connectivity index (χ4n) is 2.97. The summed E-state index contributed by atoms with van der Waals surface area (Å²) < 4.78 is 6.24. The number of anilines is 2. The first kappa shape index (κ1) is 21.5. The van der Waals surface area contributed by atoms with Crippen molar-refractivity contribution in [1.82, 2.24) is 15.0 Å². The minimum Gasteiger partial charge on any atom is -0.495 e. The second-order valence-electron chi connectivity index (χ2n) is 6.57. The van der Waals surface area contributed by atoms with E-state index in [1.807, 2.05) is 18.7 Å². The van der Waals surface area contributed by atoms with E-state index in [0.29, 0.717) is 22.1 Å². The van der Waals surface area contributed by atoms with Crippen LogP contribution in [-0.2, 0) is 4.79 Å². The molecule has 0 unspecified atom stereocenters. The fourth-order valence-corrected chi connectivity index (χ4v) is 5.96. The lowest BCUT2D eigenvalue weighted by atomic mass is 10.2. The first-order valence-corrected chi connectivity index (χ1v) is 12.6. The van der Waals surface area contributed by atoms with Gasteiger partial charge in [-0.05, 0) is 18.6 Å². The molecule has 4 rings (SSSR count). The minimum atomic E-state index is -0.149. The number of nitrogens with zero attached hydrogens (tertiary/aromatic N) is 4. The highest BCUT2D eigenvalue weighted by Crippen LogP contribution is 2.35. The van der Waals surface area contributed by atoms with Crippen molar-refractivity contribution in [2.24, 2.45) is 0 Å². The Balaban J connectivity index is 1.46. The van der Waals surface area contributed by atoms with Gasteiger partial charge in [-0.3, -0.25) is 4.79 Å². The van der Waals surface area contributed by atoms with Gasteiger partial charge in [0.2, 0.25) is 5.91 Å². The Morgan fingerprint density at radius 3 is 2.90 bits per heavy atom. The average molecular weight is 482 g/mol. The van der Waals surface area contributed by atoms with Gasteiger partial charge in [0.05, 0.1) is 18.6 Å². The van der Waals surface area contributed by atoms with E-state index < -0.39 is 0 Å². The Kier molecular flexibility index (Phi) is 6.87. The molecule has 0 radical (unpaired) electrons. The van der Waals surface area contributed by atoms with E-state index in [2.05, 4.69) is 25.2 Å². The van der Waals surface area contributed by atoms with Crippen molar-refractivity contribution in [1.29, 1.82) is 0 Å². The van der Waals surface area contributed by atoms with E-state index in [1.54, 1.807) is 30.6 Å². The fraction of sp³-hybridized carbons (Fsp3) is 0.368. The lowest BCUT2D eigenvalue weighted by molar-refractivity contribution is -0.113. The van der Waals surface area contributed by atoms with Crippen LogP contribution in [-0.4, -0.2) is 58.3 Å². The first-order chi connectivity index (χ1) is 14.5. The van der Waals surface area contributed by atoms with Gasteiger partial charge in [0, 0.05) is 35.7 Å². The van der Waals surface area contributed by atoms with Crippen molar-refractivity contribution >= 4 is 73.5 Å². The molecule has 158 valence electrons. The molecule has 0 saturated carbocycles. The molecule has 1 amide bonds. The molecule has 1 aliphatic heterocycles. The van der Waals surface area contributed by atoms with Crippen LogP contribution < -0.4 is 15.0 Å². The van der Waals surface area contributed by atoms with Crippen LogP contribution in [0.25, 0.3) is 10.3 Å². The zero-order valence-electron chi connectivity index (χ0n) is 16.5. The van der Waals surface area contributed by atoms with Gasteiger partial charge in [-0.2, -0.15) is 16.7 Å². The third-order valence-electron chi connectivity index (χ3n) is 4.52. The number of rotatable bonds is 6. The minimum absolute atomic E-state index is 0.149. The van der Waals surface area contributed by atoms with Crippen molar-refractivity contribution in [3.8, 4) is 5.75 Å². The average Bonchev–Trinajstić information content (AvgIpc) is 3.20. The van der Waals surface area contributed by atoms with Crippen LogP contribution in [0.1, 0.15) is 5.56 Å². The molecule has 3 heterocycles. The Morgan fingerprint density at radius 2 is 2.13 bits per heavy atom. The monoisotopic (exact) mass is 481 g/mol. The van der Waals surface area contributed by atoms with Crippen molar-refractivity contribution in [2.45, 2.75) is 11.9 Å². The number of thiazole rings is 1. The summed E-state index contributed by atoms with van der Waals surface area (Å²) in [6, 6.07) is 3.50. The maximum atomic E-state index is 12.6. The normalized spacial score (nSPS) is 14.2. The zero-order chi connectivity index (χ0) is 21.1. The van der Waals surface area contributed by atoms with Crippen LogP contribution in [0.2, 0.25) is 5.02 Å². The largest absolute Gasteiger partial charge is 0.495 e. The molecule has 30 heavy (non-hydrogen) atoms. The molecule has 0 spiro atoms. The second kappa shape index (κ2) is 9.59. The number of aromatic nitrogens is 3. The molecule has 1 fully saturated rings. The van der Waals surface area contributed by atoms with Crippen LogP contribution >= 0.6 is 46.5 Å². The molecular formula is C19H20ClN5O2S3. The van der Waals surface area contributed by atoms with E-state index in [4.69, 9.17) is 16.3 Å². The lowest BCUT2D eigenvalue weighted by Gasteiger charge is -2.25. The van der Waals surface area contributed by atoms with E-state index in [-0.39, 0.29) is 11.7 Å². The van der Waals surface area contributed by atoms with Gasteiger partial charge in [-0.1, -0.05) is 34.7 Å². The third kappa shape index (κ3) is 4.77. The summed E-state index contributed by atoms with van der Waals surface area (Å²) in [7, 11) is 1.55. The molecule has 2 aromatic heterocycles. The summed E-state index contributed by atoms with van der Waals surface area (Å²) in [5, 5.41) is 5.23. The van der Waals surface area contributed by atoms with Gasteiger partial charge in [0.25, 0.3) is 0 Å². The predicted octanol–water partition coefficient (Wildman–Crippen LogP) is 4.34. The molecular weight excluding hydrogens is 462 g/mol. The first-order valence-electron chi connectivity index (χ1n) is 9.26. The summed E-state index contributed by atoms with van der Waals surface area (Å²) in [4.78, 5) is 28.2. The number of amides is 1. The maximum absolute atomic E-state index is 12.6. The van der Waals surface area contributed by atoms with Crippen molar-refractivity contribution in [2.75, 3.05) is 47.7 Å². The number of hydrogen-bond acceptors (Lipinski definition) is 9. The molecule has 1 saturated heterocycles. The number of thioether (sulfide) groups is 2. The second-order valence-corrected chi connectivity index (χ2v) is 10.1. The van der Waals surface area contributed by atoms with E-state index >= 15 is 0 Å². The molecule has 11 heteroatoms. The third-order valence-corrected chi connectivity index (χ3v) is 8.10. The van der Waals surface area contributed by atoms with Crippen molar-refractivity contribution in [3.05, 3.63) is 29.0 Å². The van der Waals surface area contributed by atoms with Crippen LogP contribution in [0.15, 0.2) is 23.5 Å². The highest BCUT2D eigenvalue weighted by molar-refractivity contribution is 8.00. The zero-order valence-corrected chi connectivity index (χ0v) is 19.7. The predicted molar refractivity (Wildman–Crippen MR) is 127 cm³/mol. The molecule has 0 aliphatic carbocycles. The molecule has 1 aliphatic rings. The maximum Gasteiger partial charge on any atom is 0.234 e. The van der Waals surface area contributed by atoms with Gasteiger partial charge in [-0.25, -0.2) is 9.97 Å². The van der Waals surface area contributed by atoms with Crippen LogP contribution in [0, 0.1) is 6.92 Å². The summed E-state index contributed by atoms with van der Waals surface area (Å²) in [6.07, 6.45) is 1.50. The quantitative estimate of drug-likeness (QED) is 0.411. The number of benzene rings is 1. The van der Waals surface area contributed by atoms with E-state index in [0.717, 1.165) is 45.0 Å². The number of methoxy groups -OCH3 is 1. The van der Waals surface area contributed by atoms with E-state index in [1.165, 1.54) is 18.1 Å². The summed E-state index contributed by atoms with van der Waals surface area (Å²) in [5.41, 5.74) is 2.15. The van der Waals surface area contributed by atoms with Crippen molar-refractivity contribution in [3.63, 3.8) is 0 Å². The van der Waals surface area contributed by atoms with Gasteiger partial charge >= 0.3 is 0 Å². The Bertz CT molecular complexity index is 1070. The number of halogens is 1. The highest BCUT2D eigenvalue weighted by Gasteiger charge is 2.19. The van der Waals surface area contributed by atoms with Gasteiger partial charge in [0.1, 0.15) is 21.8 Å². The number of carbonyl (C=O) groups is 1. The molecule has 7 nitrogen and oxygen atoms in total. The van der Waals surface area contributed by atoms with Crippen LogP contribution in [0.4, 0.5) is 10.8 Å². The van der Waals surface area contributed by atoms with Gasteiger partial charge in [0.15, 0.2) is 10.8 Å². The molecule has 0 atom stereocenters. The summed E-state index contributed by atoms with van der Waals surface area (Å²) in [5.74, 6) is 2.81. The van der Waals surface area contributed by atoms with Crippen molar-refractivity contribution < 1.29 is 9.53 Å². The molecule has 1 N–H and O–H groups in total. The smallest absolute Gasteiger partial charge is 0.234 e. The van der Waals surface area contributed by atoms with Gasteiger partial charge < -0.3 is 15.0 Å². The molecule has 3 aromatic rings. The highest BCUT2D eigenvalue weighted by atomic mass is 35.5. The Labute approximate surface area is 192 Å². The lowest BCUT2D eigenvalue weighted by Crippen LogP contribution is -2.32. The number of hydrogen-bond donors (Lipinski definition) is 1. The van der Waals surface area contributed by atoms with Gasteiger partial charge in [-0.15, -0.1) is 0 Å². The number of fused-ring (bicyclic) bond motifs is 1. The standard InChI is InChI=1S/C19H20ClN5O2S3/c1-11-7-13(14(27-2)8-12(11)20)23-15(26)9-29-18-16-17(21-10-22-18)24-19(30-16)25-3-5-28-6-4-25/h7-8,10H,3-6,9H2,1-2H3,(H,23,26). The Hall–Kier alpha value is -1.75. The molecule has 1 aromatic carbocycles.